The Bertz CT molecular complexity index is 686. The first kappa shape index (κ1) is 28.2. The lowest BCUT2D eigenvalue weighted by Crippen LogP contribution is -2.44. The minimum Gasteiger partial charge on any atom is -0.461 e. The van der Waals surface area contributed by atoms with Crippen molar-refractivity contribution in [2.24, 2.45) is 5.73 Å². The lowest BCUT2D eigenvalue weighted by molar-refractivity contribution is -0.145. The van der Waals surface area contributed by atoms with E-state index in [1.807, 2.05) is 44.2 Å². The van der Waals surface area contributed by atoms with Crippen LogP contribution in [0.15, 0.2) is 30.3 Å². The second-order valence-electron chi connectivity index (χ2n) is 7.59. The lowest BCUT2D eigenvalue weighted by atomic mass is 10.2. The number of benzene rings is 1. The SMILES string of the molecule is CCCCOC(=O)N(CCN)CCN(CCC(=O)OCc1ccccc1)C(=O)OCCCC. The first-order valence-electron chi connectivity index (χ1n) is 11.7. The summed E-state index contributed by atoms with van der Waals surface area (Å²) >= 11 is 0. The van der Waals surface area contributed by atoms with Crippen LogP contribution < -0.4 is 5.73 Å². The highest BCUT2D eigenvalue weighted by molar-refractivity contribution is 5.72. The predicted molar refractivity (Wildman–Crippen MR) is 126 cm³/mol. The smallest absolute Gasteiger partial charge is 0.409 e. The molecule has 0 aliphatic rings. The highest BCUT2D eigenvalue weighted by atomic mass is 16.6. The molecule has 0 aliphatic heterocycles. The molecule has 33 heavy (non-hydrogen) atoms. The van der Waals surface area contributed by atoms with E-state index in [1.54, 1.807) is 0 Å². The van der Waals surface area contributed by atoms with E-state index in [0.29, 0.717) is 19.8 Å². The zero-order chi connectivity index (χ0) is 24.3. The quantitative estimate of drug-likeness (QED) is 0.226. The van der Waals surface area contributed by atoms with Gasteiger partial charge in [-0.3, -0.25) is 4.79 Å². The number of nitrogens with zero attached hydrogens (tertiary/aromatic N) is 2. The monoisotopic (exact) mass is 465 g/mol. The normalized spacial score (nSPS) is 10.4. The topological polar surface area (TPSA) is 111 Å². The van der Waals surface area contributed by atoms with Crippen LogP contribution in [0.3, 0.4) is 0 Å². The molecule has 9 heteroatoms. The Morgan fingerprint density at radius 1 is 0.788 bits per heavy atom. The van der Waals surface area contributed by atoms with Crippen molar-refractivity contribution < 1.29 is 28.6 Å². The van der Waals surface area contributed by atoms with Crippen molar-refractivity contribution in [1.29, 1.82) is 0 Å². The third-order valence-corrected chi connectivity index (χ3v) is 4.83. The van der Waals surface area contributed by atoms with Crippen LogP contribution in [0, 0.1) is 0 Å². The maximum Gasteiger partial charge on any atom is 0.409 e. The first-order valence-corrected chi connectivity index (χ1v) is 11.7. The summed E-state index contributed by atoms with van der Waals surface area (Å²) < 4.78 is 15.9. The number of nitrogens with two attached hydrogens (primary N) is 1. The molecule has 186 valence electrons. The number of rotatable bonds is 16. The van der Waals surface area contributed by atoms with Gasteiger partial charge in [-0.15, -0.1) is 0 Å². The largest absolute Gasteiger partial charge is 0.461 e. The van der Waals surface area contributed by atoms with Crippen LogP contribution >= 0.6 is 0 Å². The molecule has 9 nitrogen and oxygen atoms in total. The number of hydrogen-bond acceptors (Lipinski definition) is 7. The van der Waals surface area contributed by atoms with Gasteiger partial charge in [-0.2, -0.15) is 0 Å². The molecule has 0 radical (unpaired) electrons. The molecule has 0 fully saturated rings. The van der Waals surface area contributed by atoms with Crippen molar-refractivity contribution in [3.63, 3.8) is 0 Å². The molecule has 0 aromatic heterocycles. The van der Waals surface area contributed by atoms with Crippen molar-refractivity contribution in [3.05, 3.63) is 35.9 Å². The number of amides is 2. The van der Waals surface area contributed by atoms with Crippen LogP contribution in [-0.4, -0.2) is 73.9 Å². The Balaban J connectivity index is 2.62. The molecule has 0 heterocycles. The number of carbonyl (C=O) groups is 3. The maximum atomic E-state index is 12.6. The van der Waals surface area contributed by atoms with Crippen LogP contribution in [-0.2, 0) is 25.6 Å². The molecule has 2 amide bonds. The summed E-state index contributed by atoms with van der Waals surface area (Å²) in [4.78, 5) is 40.0. The average Bonchev–Trinajstić information content (AvgIpc) is 2.82. The highest BCUT2D eigenvalue weighted by Gasteiger charge is 2.21. The molecule has 0 aliphatic carbocycles. The molecule has 1 rings (SSSR count). The van der Waals surface area contributed by atoms with Crippen molar-refractivity contribution in [2.45, 2.75) is 52.6 Å². The summed E-state index contributed by atoms with van der Waals surface area (Å²) in [6.07, 6.45) is 2.38. The third kappa shape index (κ3) is 12.7. The van der Waals surface area contributed by atoms with Gasteiger partial charge in [0.25, 0.3) is 0 Å². The second kappa shape index (κ2) is 17.7. The van der Waals surface area contributed by atoms with E-state index in [2.05, 4.69) is 0 Å². The van der Waals surface area contributed by atoms with Crippen LogP contribution in [0.5, 0.6) is 0 Å². The van der Waals surface area contributed by atoms with Gasteiger partial charge in [-0.1, -0.05) is 57.0 Å². The Morgan fingerprint density at radius 3 is 1.85 bits per heavy atom. The number of esters is 1. The fourth-order valence-electron chi connectivity index (χ4n) is 2.81. The van der Waals surface area contributed by atoms with E-state index >= 15 is 0 Å². The van der Waals surface area contributed by atoms with E-state index in [0.717, 1.165) is 31.2 Å². The molecule has 0 bridgehead atoms. The van der Waals surface area contributed by atoms with Gasteiger partial charge in [0.1, 0.15) is 6.61 Å². The number of carbonyl (C=O) groups excluding carboxylic acids is 3. The van der Waals surface area contributed by atoms with E-state index < -0.39 is 18.2 Å². The van der Waals surface area contributed by atoms with Gasteiger partial charge >= 0.3 is 18.2 Å². The summed E-state index contributed by atoms with van der Waals surface area (Å²) in [5.74, 6) is -0.414. The summed E-state index contributed by atoms with van der Waals surface area (Å²) in [5.41, 5.74) is 6.52. The first-order chi connectivity index (χ1) is 16.0. The number of unbranched alkanes of at least 4 members (excludes halogenated alkanes) is 2. The van der Waals surface area contributed by atoms with Gasteiger partial charge in [0.2, 0.25) is 0 Å². The molecule has 2 N–H and O–H groups in total. The average molecular weight is 466 g/mol. The Morgan fingerprint density at radius 2 is 1.33 bits per heavy atom. The lowest BCUT2D eigenvalue weighted by Gasteiger charge is -2.26. The Kier molecular flexibility index (Phi) is 15.1. The minimum absolute atomic E-state index is 0.0214. The minimum atomic E-state index is -0.522. The van der Waals surface area contributed by atoms with Gasteiger partial charge in [-0.05, 0) is 18.4 Å². The van der Waals surface area contributed by atoms with Crippen LogP contribution in [0.2, 0.25) is 0 Å². The fraction of sp³-hybridized carbons (Fsp3) is 0.625. The van der Waals surface area contributed by atoms with Gasteiger partial charge in [0.15, 0.2) is 0 Å². The molecule has 1 aromatic rings. The molecule has 0 saturated carbocycles. The van der Waals surface area contributed by atoms with Crippen molar-refractivity contribution in [1.82, 2.24) is 9.80 Å². The van der Waals surface area contributed by atoms with Gasteiger partial charge < -0.3 is 29.7 Å². The summed E-state index contributed by atoms with van der Waals surface area (Å²) in [6, 6.07) is 9.38. The zero-order valence-electron chi connectivity index (χ0n) is 20.0. The van der Waals surface area contributed by atoms with Crippen molar-refractivity contribution in [2.75, 3.05) is 45.9 Å². The molecule has 0 unspecified atom stereocenters. The van der Waals surface area contributed by atoms with Crippen molar-refractivity contribution >= 4 is 18.2 Å². The van der Waals surface area contributed by atoms with Crippen LogP contribution in [0.4, 0.5) is 9.59 Å². The maximum absolute atomic E-state index is 12.6. The standard InChI is InChI=1S/C24H39N3O6/c1-3-5-18-31-23(29)26(14-12-22(28)33-20-21-10-8-7-9-11-21)16-17-27(15-13-25)24(30)32-19-6-4-2/h7-11H,3-6,12-20,25H2,1-2H3. The van der Waals surface area contributed by atoms with E-state index in [9.17, 15) is 14.4 Å². The van der Waals surface area contributed by atoms with E-state index in [4.69, 9.17) is 19.9 Å². The van der Waals surface area contributed by atoms with Gasteiger partial charge in [0.05, 0.1) is 19.6 Å². The summed E-state index contributed by atoms with van der Waals surface area (Å²) in [7, 11) is 0. The predicted octanol–water partition coefficient (Wildman–Crippen LogP) is 3.56. The van der Waals surface area contributed by atoms with E-state index in [-0.39, 0.29) is 39.2 Å². The second-order valence-corrected chi connectivity index (χ2v) is 7.59. The zero-order valence-corrected chi connectivity index (χ0v) is 20.0. The molecule has 0 atom stereocenters. The van der Waals surface area contributed by atoms with E-state index in [1.165, 1.54) is 9.80 Å². The van der Waals surface area contributed by atoms with Crippen molar-refractivity contribution in [3.8, 4) is 0 Å². The van der Waals surface area contributed by atoms with Gasteiger partial charge in [0, 0.05) is 32.7 Å². The number of ether oxygens (including phenoxy) is 3. The molecule has 0 spiro atoms. The van der Waals surface area contributed by atoms with Crippen LogP contribution in [0.1, 0.15) is 51.5 Å². The fourth-order valence-corrected chi connectivity index (χ4v) is 2.81. The number of hydrogen-bond donors (Lipinski definition) is 1. The highest BCUT2D eigenvalue weighted by Crippen LogP contribution is 2.05. The molecule has 1 aromatic carbocycles. The summed E-state index contributed by atoms with van der Waals surface area (Å²) in [6.45, 7) is 5.96. The Hall–Kier alpha value is -2.81. The molecular formula is C24H39N3O6. The van der Waals surface area contributed by atoms with Gasteiger partial charge in [-0.25, -0.2) is 9.59 Å². The third-order valence-electron chi connectivity index (χ3n) is 4.83. The molecular weight excluding hydrogens is 426 g/mol. The summed E-state index contributed by atoms with van der Waals surface area (Å²) in [5, 5.41) is 0. The van der Waals surface area contributed by atoms with Crippen LogP contribution in [0.25, 0.3) is 0 Å². The Labute approximate surface area is 197 Å². The molecule has 0 saturated heterocycles.